The number of hydrogen-bond acceptors (Lipinski definition) is 2. The quantitative estimate of drug-likeness (QED) is 0.218. The van der Waals surface area contributed by atoms with E-state index in [2.05, 4.69) is 0 Å². The van der Waals surface area contributed by atoms with Crippen molar-refractivity contribution in [1.29, 1.82) is 0 Å². The summed E-state index contributed by atoms with van der Waals surface area (Å²) in [6.07, 6.45) is 0.394. The second-order valence-corrected chi connectivity index (χ2v) is 5.61. The van der Waals surface area contributed by atoms with Crippen molar-refractivity contribution in [3.63, 3.8) is 0 Å². The molecule has 1 aromatic rings. The molecule has 0 radical (unpaired) electrons. The molecule has 0 spiro atoms. The van der Waals surface area contributed by atoms with Gasteiger partial charge in [-0.15, -0.1) is 11.6 Å². The zero-order valence-electron chi connectivity index (χ0n) is 8.87. The van der Waals surface area contributed by atoms with Gasteiger partial charge in [0.05, 0.1) is 15.1 Å². The van der Waals surface area contributed by atoms with Gasteiger partial charge in [-0.1, -0.05) is 64.9 Å². The fourth-order valence-corrected chi connectivity index (χ4v) is 2.25. The molecule has 0 aromatic heterocycles. The minimum absolute atomic E-state index is 0.00829. The van der Waals surface area contributed by atoms with Crippen molar-refractivity contribution in [1.82, 2.24) is 0 Å². The summed E-state index contributed by atoms with van der Waals surface area (Å²) in [6, 6.07) is 0. The van der Waals surface area contributed by atoms with E-state index in [4.69, 9.17) is 74.3 Å². The van der Waals surface area contributed by atoms with Crippen LogP contribution in [-0.4, -0.2) is 11.3 Å². The number of carbonyl (C=O) groups excluding carboxylic acids is 1. The first-order chi connectivity index (χ1) is 8.31. The molecule has 1 rings (SSSR count). The van der Waals surface area contributed by atoms with Crippen LogP contribution in [0.25, 0.3) is 0 Å². The number of rotatable bonds is 3. The Bertz CT molecular complexity index is 459. The zero-order chi connectivity index (χ0) is 14.0. The second-order valence-electron chi connectivity index (χ2n) is 3.20. The number of esters is 1. The molecule has 2 nitrogen and oxygen atoms in total. The Hall–Kier alpha value is 0.430. The van der Waals surface area contributed by atoms with Crippen LogP contribution in [0, 0.1) is 0 Å². The second kappa shape index (κ2) is 6.74. The normalized spacial score (nSPS) is 12.4. The van der Waals surface area contributed by atoms with Gasteiger partial charge < -0.3 is 4.74 Å². The van der Waals surface area contributed by atoms with E-state index in [9.17, 15) is 4.79 Å². The SMILES string of the molecule is CC[C@H](Cl)C(=O)Oc1c(Cl)c(Cl)c(Cl)c(Cl)c1Cl. The molecule has 0 unspecified atom stereocenters. The van der Waals surface area contributed by atoms with Crippen LogP contribution in [0.15, 0.2) is 0 Å². The average molecular weight is 371 g/mol. The summed E-state index contributed by atoms with van der Waals surface area (Å²) in [6.45, 7) is 1.73. The van der Waals surface area contributed by atoms with E-state index in [1.165, 1.54) is 0 Å². The number of ether oxygens (including phenoxy) is 1. The van der Waals surface area contributed by atoms with Crippen molar-refractivity contribution in [3.8, 4) is 5.75 Å². The largest absolute Gasteiger partial charge is 0.422 e. The molecule has 0 heterocycles. The molecule has 18 heavy (non-hydrogen) atoms. The summed E-state index contributed by atoms with van der Waals surface area (Å²) in [7, 11) is 0. The summed E-state index contributed by atoms with van der Waals surface area (Å²) in [5, 5.41) is -1.10. The molecule has 1 aromatic carbocycles. The fraction of sp³-hybridized carbons (Fsp3) is 0.300. The highest BCUT2D eigenvalue weighted by atomic mass is 35.5. The Labute approximate surface area is 134 Å². The molecule has 0 amide bonds. The van der Waals surface area contributed by atoms with E-state index in [0.29, 0.717) is 6.42 Å². The lowest BCUT2D eigenvalue weighted by Crippen LogP contribution is -2.20. The number of alkyl halides is 1. The third kappa shape index (κ3) is 3.30. The summed E-state index contributed by atoms with van der Waals surface area (Å²) in [5.41, 5.74) is 0. The van der Waals surface area contributed by atoms with Gasteiger partial charge in [-0.3, -0.25) is 4.79 Å². The van der Waals surface area contributed by atoms with Gasteiger partial charge in [-0.2, -0.15) is 0 Å². The van der Waals surface area contributed by atoms with E-state index in [-0.39, 0.29) is 30.9 Å². The summed E-state index contributed by atoms with van der Waals surface area (Å²) < 4.78 is 4.98. The predicted octanol–water partition coefficient (Wildman–Crippen LogP) is 5.88. The Morgan fingerprint density at radius 3 is 1.78 bits per heavy atom. The lowest BCUT2D eigenvalue weighted by atomic mass is 10.3. The van der Waals surface area contributed by atoms with Crippen LogP contribution in [0.1, 0.15) is 13.3 Å². The lowest BCUT2D eigenvalue weighted by molar-refractivity contribution is -0.134. The summed E-state index contributed by atoms with van der Waals surface area (Å²) in [4.78, 5) is 11.6. The Morgan fingerprint density at radius 2 is 1.39 bits per heavy atom. The van der Waals surface area contributed by atoms with Crippen molar-refractivity contribution >= 4 is 75.6 Å². The zero-order valence-corrected chi connectivity index (χ0v) is 13.4. The van der Waals surface area contributed by atoms with Crippen molar-refractivity contribution in [2.24, 2.45) is 0 Å². The topological polar surface area (TPSA) is 26.3 Å². The van der Waals surface area contributed by atoms with Crippen LogP contribution >= 0.6 is 69.6 Å². The van der Waals surface area contributed by atoms with Crippen LogP contribution in [0.5, 0.6) is 5.75 Å². The van der Waals surface area contributed by atoms with E-state index in [1.54, 1.807) is 6.92 Å². The van der Waals surface area contributed by atoms with Crippen molar-refractivity contribution in [2.45, 2.75) is 18.7 Å². The molecule has 0 bridgehead atoms. The van der Waals surface area contributed by atoms with Crippen molar-refractivity contribution < 1.29 is 9.53 Å². The van der Waals surface area contributed by atoms with Gasteiger partial charge in [0.25, 0.3) is 0 Å². The summed E-state index contributed by atoms with van der Waals surface area (Å²) >= 11 is 34.9. The Morgan fingerprint density at radius 1 is 1.00 bits per heavy atom. The maximum atomic E-state index is 11.6. The molecular weight excluding hydrogens is 365 g/mol. The van der Waals surface area contributed by atoms with E-state index in [0.717, 1.165) is 0 Å². The molecule has 100 valence electrons. The maximum Gasteiger partial charge on any atom is 0.329 e. The van der Waals surface area contributed by atoms with Crippen molar-refractivity contribution in [2.75, 3.05) is 0 Å². The third-order valence-corrected chi connectivity index (χ3v) is 4.72. The monoisotopic (exact) mass is 368 g/mol. The van der Waals surface area contributed by atoms with Crippen LogP contribution in [0.3, 0.4) is 0 Å². The van der Waals surface area contributed by atoms with Gasteiger partial charge in [0.1, 0.15) is 15.4 Å². The molecule has 0 saturated heterocycles. The highest BCUT2D eigenvalue weighted by Crippen LogP contribution is 2.48. The molecular formula is C10H6Cl6O2. The molecule has 0 aliphatic rings. The molecule has 8 heteroatoms. The standard InChI is InChI=1S/C10H6Cl6O2/c1-2-3(11)10(17)18-9-7(15)5(13)4(12)6(14)8(9)16/h3H,2H2,1H3/t3-/m0/s1. The number of benzene rings is 1. The van der Waals surface area contributed by atoms with Gasteiger partial charge in [0.2, 0.25) is 0 Å². The average Bonchev–Trinajstić information content (AvgIpc) is 2.37. The molecule has 0 N–H and O–H groups in total. The highest BCUT2D eigenvalue weighted by molar-refractivity contribution is 6.55. The van der Waals surface area contributed by atoms with Gasteiger partial charge >= 0.3 is 5.97 Å². The van der Waals surface area contributed by atoms with Gasteiger partial charge in [0.15, 0.2) is 5.75 Å². The maximum absolute atomic E-state index is 11.6. The van der Waals surface area contributed by atoms with Gasteiger partial charge in [-0.25, -0.2) is 0 Å². The Balaban J connectivity index is 3.22. The van der Waals surface area contributed by atoms with Crippen LogP contribution in [0.4, 0.5) is 0 Å². The van der Waals surface area contributed by atoms with Gasteiger partial charge in [-0.05, 0) is 6.42 Å². The third-order valence-electron chi connectivity index (χ3n) is 1.99. The molecule has 1 atom stereocenters. The fourth-order valence-electron chi connectivity index (χ4n) is 1.01. The predicted molar refractivity (Wildman–Crippen MR) is 77.1 cm³/mol. The smallest absolute Gasteiger partial charge is 0.329 e. The minimum Gasteiger partial charge on any atom is -0.422 e. The first kappa shape index (κ1) is 16.5. The number of halogens is 6. The van der Waals surface area contributed by atoms with Gasteiger partial charge in [0, 0.05) is 0 Å². The number of hydrogen-bond donors (Lipinski definition) is 0. The van der Waals surface area contributed by atoms with E-state index >= 15 is 0 Å². The van der Waals surface area contributed by atoms with Crippen LogP contribution < -0.4 is 4.74 Å². The lowest BCUT2D eigenvalue weighted by Gasteiger charge is -2.13. The minimum atomic E-state index is -0.814. The highest BCUT2D eigenvalue weighted by Gasteiger charge is 2.24. The molecule has 0 aliphatic carbocycles. The first-order valence-electron chi connectivity index (χ1n) is 4.68. The first-order valence-corrected chi connectivity index (χ1v) is 7.01. The van der Waals surface area contributed by atoms with Crippen LogP contribution in [0.2, 0.25) is 25.1 Å². The van der Waals surface area contributed by atoms with E-state index in [1.807, 2.05) is 0 Å². The molecule has 0 saturated carbocycles. The number of carbonyl (C=O) groups is 1. The molecule has 0 fully saturated rings. The summed E-state index contributed by atoms with van der Waals surface area (Å²) in [5.74, 6) is -0.848. The van der Waals surface area contributed by atoms with Crippen molar-refractivity contribution in [3.05, 3.63) is 25.1 Å². The Kier molecular flexibility index (Phi) is 6.17. The van der Waals surface area contributed by atoms with E-state index < -0.39 is 11.3 Å². The molecule has 0 aliphatic heterocycles. The van der Waals surface area contributed by atoms with Crippen LogP contribution in [-0.2, 0) is 4.79 Å².